The topological polar surface area (TPSA) is 29.5 Å². The Balaban J connectivity index is 1.87. The summed E-state index contributed by atoms with van der Waals surface area (Å²) in [6, 6.07) is 18.8. The van der Waals surface area contributed by atoms with Crippen LogP contribution < -0.4 is 4.90 Å². The van der Waals surface area contributed by atoms with E-state index < -0.39 is 0 Å². The Morgan fingerprint density at radius 2 is 1.68 bits per heavy atom. The highest BCUT2D eigenvalue weighted by Crippen LogP contribution is 2.41. The van der Waals surface area contributed by atoms with Gasteiger partial charge in [0.1, 0.15) is 11.3 Å². The van der Waals surface area contributed by atoms with Crippen LogP contribution >= 0.6 is 0 Å². The summed E-state index contributed by atoms with van der Waals surface area (Å²) in [6.45, 7) is 4.87. The van der Waals surface area contributed by atoms with Crippen LogP contribution in [0.2, 0.25) is 0 Å². The normalized spacial score (nSPS) is 11.2. The van der Waals surface area contributed by atoms with Gasteiger partial charge in [0.25, 0.3) is 0 Å². The molecule has 2 aromatic heterocycles. The van der Waals surface area contributed by atoms with Crippen molar-refractivity contribution in [3.63, 3.8) is 0 Å². The van der Waals surface area contributed by atoms with Crippen LogP contribution in [0.25, 0.3) is 22.1 Å². The summed E-state index contributed by atoms with van der Waals surface area (Å²) in [5.41, 5.74) is 5.67. The van der Waals surface area contributed by atoms with Crippen molar-refractivity contribution in [3.05, 3.63) is 77.7 Å². The Bertz CT molecular complexity index is 995. The number of rotatable bonds is 4. The van der Waals surface area contributed by atoms with Gasteiger partial charge in [-0.1, -0.05) is 41.5 Å². The molecule has 2 heterocycles. The second-order valence-corrected chi connectivity index (χ2v) is 6.58. The van der Waals surface area contributed by atoms with E-state index in [1.165, 1.54) is 11.1 Å². The van der Waals surface area contributed by atoms with Crippen molar-refractivity contribution in [1.82, 2.24) is 0 Å². The first-order valence-electron chi connectivity index (χ1n) is 8.45. The minimum atomic E-state index is 0.657. The van der Waals surface area contributed by atoms with Crippen LogP contribution in [-0.2, 0) is 6.54 Å². The average Bonchev–Trinajstić information content (AvgIpc) is 3.23. The molecular formula is C22H21NO2. The van der Waals surface area contributed by atoms with Gasteiger partial charge in [-0.05, 0) is 43.7 Å². The van der Waals surface area contributed by atoms with Crippen LogP contribution in [0.5, 0.6) is 0 Å². The predicted molar refractivity (Wildman–Crippen MR) is 102 cm³/mol. The van der Waals surface area contributed by atoms with E-state index in [9.17, 15) is 0 Å². The monoisotopic (exact) mass is 331 g/mol. The fraction of sp³-hybridized carbons (Fsp3) is 0.182. The maximum absolute atomic E-state index is 6.23. The first-order valence-corrected chi connectivity index (χ1v) is 8.45. The molecule has 0 fully saturated rings. The third kappa shape index (κ3) is 2.93. The van der Waals surface area contributed by atoms with E-state index in [2.05, 4.69) is 55.1 Å². The van der Waals surface area contributed by atoms with E-state index in [4.69, 9.17) is 8.83 Å². The highest BCUT2D eigenvalue weighted by atomic mass is 16.4. The summed E-state index contributed by atoms with van der Waals surface area (Å²) >= 11 is 0. The van der Waals surface area contributed by atoms with Gasteiger partial charge in [0.15, 0.2) is 0 Å². The molecule has 126 valence electrons. The van der Waals surface area contributed by atoms with Crippen molar-refractivity contribution >= 4 is 16.9 Å². The third-order valence-electron chi connectivity index (χ3n) is 4.48. The number of aryl methyl sites for hydroxylation is 2. The lowest BCUT2D eigenvalue weighted by molar-refractivity contribution is 0.497. The fourth-order valence-corrected chi connectivity index (χ4v) is 3.17. The Hall–Kier alpha value is -2.94. The lowest BCUT2D eigenvalue weighted by Crippen LogP contribution is -2.15. The summed E-state index contributed by atoms with van der Waals surface area (Å²) in [5, 5.41) is 1.14. The molecule has 0 saturated carbocycles. The number of anilines is 1. The molecule has 0 aliphatic carbocycles. The third-order valence-corrected chi connectivity index (χ3v) is 4.48. The van der Waals surface area contributed by atoms with Crippen molar-refractivity contribution in [2.24, 2.45) is 0 Å². The molecular weight excluding hydrogens is 310 g/mol. The highest BCUT2D eigenvalue weighted by molar-refractivity contribution is 6.00. The van der Waals surface area contributed by atoms with Gasteiger partial charge in [-0.3, -0.25) is 0 Å². The summed E-state index contributed by atoms with van der Waals surface area (Å²) in [7, 11) is 2.03. The predicted octanol–water partition coefficient (Wildman–Crippen LogP) is 5.95. The molecule has 0 N–H and O–H groups in total. The fourth-order valence-electron chi connectivity index (χ4n) is 3.17. The van der Waals surface area contributed by atoms with E-state index >= 15 is 0 Å². The lowest BCUT2D eigenvalue weighted by atomic mass is 10.0. The second kappa shape index (κ2) is 6.17. The molecule has 4 aromatic rings. The van der Waals surface area contributed by atoms with E-state index in [1.54, 1.807) is 6.26 Å². The Labute approximate surface area is 147 Å². The number of hydrogen-bond acceptors (Lipinski definition) is 3. The van der Waals surface area contributed by atoms with Crippen molar-refractivity contribution in [3.8, 4) is 11.1 Å². The van der Waals surface area contributed by atoms with Crippen LogP contribution in [0, 0.1) is 13.8 Å². The molecule has 0 aliphatic heterocycles. The quantitative estimate of drug-likeness (QED) is 0.463. The summed E-state index contributed by atoms with van der Waals surface area (Å²) in [6.07, 6.45) is 1.70. The zero-order valence-electron chi connectivity index (χ0n) is 14.7. The molecule has 25 heavy (non-hydrogen) atoms. The lowest BCUT2D eigenvalue weighted by Gasteiger charge is -2.17. The van der Waals surface area contributed by atoms with Crippen LogP contribution in [0.15, 0.2) is 69.7 Å². The molecule has 0 atom stereocenters. The zero-order valence-corrected chi connectivity index (χ0v) is 14.7. The number of fused-ring (bicyclic) bond motifs is 1. The van der Waals surface area contributed by atoms with Crippen molar-refractivity contribution in [2.75, 3.05) is 11.9 Å². The van der Waals surface area contributed by atoms with Gasteiger partial charge >= 0.3 is 0 Å². The van der Waals surface area contributed by atoms with E-state index in [1.807, 2.05) is 25.2 Å². The average molecular weight is 331 g/mol. The second-order valence-electron chi connectivity index (χ2n) is 6.58. The Morgan fingerprint density at radius 3 is 2.40 bits per heavy atom. The molecule has 0 radical (unpaired) electrons. The standard InChI is InChI=1S/C22H21NO2/c1-15-6-9-17(10-7-15)21-19-13-16(2)8-11-20(19)25-22(21)23(3)14-18-5-4-12-24-18/h4-13H,14H2,1-3H3. The molecule has 3 nitrogen and oxygen atoms in total. The first kappa shape index (κ1) is 15.6. The van der Waals surface area contributed by atoms with Gasteiger partial charge < -0.3 is 13.7 Å². The summed E-state index contributed by atoms with van der Waals surface area (Å²) in [4.78, 5) is 2.10. The molecule has 0 spiro atoms. The maximum Gasteiger partial charge on any atom is 0.204 e. The van der Waals surface area contributed by atoms with Crippen LogP contribution in [-0.4, -0.2) is 7.05 Å². The highest BCUT2D eigenvalue weighted by Gasteiger charge is 2.20. The van der Waals surface area contributed by atoms with Gasteiger partial charge in [-0.2, -0.15) is 0 Å². The molecule has 0 amide bonds. The number of hydrogen-bond donors (Lipinski definition) is 0. The number of benzene rings is 2. The molecule has 0 unspecified atom stereocenters. The van der Waals surface area contributed by atoms with E-state index in [0.29, 0.717) is 6.54 Å². The number of nitrogens with zero attached hydrogens (tertiary/aromatic N) is 1. The molecule has 3 heteroatoms. The maximum atomic E-state index is 6.23. The largest absolute Gasteiger partial charge is 0.467 e. The van der Waals surface area contributed by atoms with Crippen LogP contribution in [0.1, 0.15) is 16.9 Å². The Kier molecular flexibility index (Phi) is 3.85. The minimum Gasteiger partial charge on any atom is -0.467 e. The van der Waals surface area contributed by atoms with Gasteiger partial charge in [-0.25, -0.2) is 0 Å². The van der Waals surface area contributed by atoms with Crippen molar-refractivity contribution in [2.45, 2.75) is 20.4 Å². The van der Waals surface area contributed by atoms with Crippen molar-refractivity contribution in [1.29, 1.82) is 0 Å². The summed E-state index contributed by atoms with van der Waals surface area (Å²) in [5.74, 6) is 1.77. The van der Waals surface area contributed by atoms with Gasteiger partial charge in [0.2, 0.25) is 5.88 Å². The molecule has 2 aromatic carbocycles. The molecule has 0 saturated heterocycles. The van der Waals surface area contributed by atoms with E-state index in [0.717, 1.165) is 33.7 Å². The SMILES string of the molecule is Cc1ccc(-c2c(N(C)Cc3ccco3)oc3ccc(C)cc23)cc1. The summed E-state index contributed by atoms with van der Waals surface area (Å²) < 4.78 is 11.7. The molecule has 0 bridgehead atoms. The molecule has 0 aliphatic rings. The first-order chi connectivity index (χ1) is 12.1. The Morgan fingerprint density at radius 1 is 0.920 bits per heavy atom. The molecule has 4 rings (SSSR count). The smallest absolute Gasteiger partial charge is 0.204 e. The van der Waals surface area contributed by atoms with E-state index in [-0.39, 0.29) is 0 Å². The minimum absolute atomic E-state index is 0.657. The van der Waals surface area contributed by atoms with Crippen LogP contribution in [0.3, 0.4) is 0 Å². The number of furan rings is 2. The van der Waals surface area contributed by atoms with Crippen molar-refractivity contribution < 1.29 is 8.83 Å². The van der Waals surface area contributed by atoms with Gasteiger partial charge in [-0.15, -0.1) is 0 Å². The van der Waals surface area contributed by atoms with Gasteiger partial charge in [0, 0.05) is 12.4 Å². The van der Waals surface area contributed by atoms with Crippen LogP contribution in [0.4, 0.5) is 5.88 Å². The van der Waals surface area contributed by atoms with Gasteiger partial charge in [0.05, 0.1) is 18.4 Å². The zero-order chi connectivity index (χ0) is 17.4.